The van der Waals surface area contributed by atoms with Crippen molar-refractivity contribution in [2.24, 2.45) is 0 Å². The highest BCUT2D eigenvalue weighted by Crippen LogP contribution is 2.28. The lowest BCUT2D eigenvalue weighted by Gasteiger charge is -2.01. The third-order valence-corrected chi connectivity index (χ3v) is 3.25. The fourth-order valence-corrected chi connectivity index (χ4v) is 2.12. The Morgan fingerprint density at radius 3 is 2.60 bits per heavy atom. The fraction of sp³-hybridized carbons (Fsp3) is 0.125. The van der Waals surface area contributed by atoms with E-state index in [9.17, 15) is 0 Å². The van der Waals surface area contributed by atoms with Crippen LogP contribution in [-0.4, -0.2) is 10.1 Å². The van der Waals surface area contributed by atoms with Crippen LogP contribution in [0.4, 0.5) is 5.69 Å². The van der Waals surface area contributed by atoms with Gasteiger partial charge >= 0.3 is 0 Å². The molecule has 0 unspecified atom stereocenters. The number of anilines is 1. The molecule has 2 N–H and O–H groups in total. The number of hydrogen-bond acceptors (Lipinski definition) is 4. The third-order valence-electron chi connectivity index (χ3n) is 3.25. The van der Waals surface area contributed by atoms with Crippen LogP contribution in [0.15, 0.2) is 47.0 Å². The Balaban J connectivity index is 2.07. The van der Waals surface area contributed by atoms with E-state index in [4.69, 9.17) is 10.3 Å². The maximum absolute atomic E-state index is 5.97. The van der Waals surface area contributed by atoms with E-state index in [2.05, 4.69) is 10.1 Å². The lowest BCUT2D eigenvalue weighted by molar-refractivity contribution is 0.432. The maximum atomic E-state index is 5.97. The van der Waals surface area contributed by atoms with E-state index in [1.54, 1.807) is 0 Å². The number of nitrogens with two attached hydrogens (primary N) is 1. The molecule has 0 saturated carbocycles. The van der Waals surface area contributed by atoms with Gasteiger partial charge in [-0.3, -0.25) is 0 Å². The van der Waals surface area contributed by atoms with Crippen molar-refractivity contribution in [2.45, 2.75) is 13.8 Å². The SMILES string of the molecule is Cc1ccc(N)c(-c2nc(-c3ccccc3C)no2)c1. The maximum Gasteiger partial charge on any atom is 0.260 e. The van der Waals surface area contributed by atoms with Gasteiger partial charge in [-0.05, 0) is 31.5 Å². The monoisotopic (exact) mass is 265 g/mol. The highest BCUT2D eigenvalue weighted by molar-refractivity contribution is 5.72. The van der Waals surface area contributed by atoms with Crippen molar-refractivity contribution < 1.29 is 4.52 Å². The van der Waals surface area contributed by atoms with Crippen molar-refractivity contribution in [1.29, 1.82) is 0 Å². The van der Waals surface area contributed by atoms with E-state index in [-0.39, 0.29) is 0 Å². The van der Waals surface area contributed by atoms with Crippen molar-refractivity contribution in [1.82, 2.24) is 10.1 Å². The molecule has 0 amide bonds. The van der Waals surface area contributed by atoms with Crippen LogP contribution in [0.25, 0.3) is 22.8 Å². The predicted octanol–water partition coefficient (Wildman–Crippen LogP) is 3.60. The van der Waals surface area contributed by atoms with E-state index in [1.165, 1.54) is 0 Å². The number of nitrogens with zero attached hydrogens (tertiary/aromatic N) is 2. The number of hydrogen-bond donors (Lipinski definition) is 1. The van der Waals surface area contributed by atoms with E-state index in [0.717, 1.165) is 22.3 Å². The standard InChI is InChI=1S/C16H15N3O/c1-10-7-8-14(17)13(9-10)16-18-15(19-20-16)12-6-4-3-5-11(12)2/h3-9H,17H2,1-2H3. The Labute approximate surface area is 117 Å². The number of nitrogen functional groups attached to an aromatic ring is 1. The molecule has 0 radical (unpaired) electrons. The summed E-state index contributed by atoms with van der Waals surface area (Å²) in [5.74, 6) is 1.03. The lowest BCUT2D eigenvalue weighted by Crippen LogP contribution is -1.91. The average Bonchev–Trinajstić information content (AvgIpc) is 2.91. The van der Waals surface area contributed by atoms with Crippen LogP contribution in [0, 0.1) is 13.8 Å². The van der Waals surface area contributed by atoms with Gasteiger partial charge in [0.05, 0.1) is 5.56 Å². The van der Waals surface area contributed by atoms with Gasteiger partial charge in [0.1, 0.15) is 0 Å². The molecule has 4 nitrogen and oxygen atoms in total. The van der Waals surface area contributed by atoms with Gasteiger partial charge in [0, 0.05) is 11.3 Å². The first-order chi connectivity index (χ1) is 9.65. The van der Waals surface area contributed by atoms with Crippen LogP contribution in [0.1, 0.15) is 11.1 Å². The molecule has 0 saturated heterocycles. The number of rotatable bonds is 2. The summed E-state index contributed by atoms with van der Waals surface area (Å²) in [4.78, 5) is 4.46. The zero-order valence-corrected chi connectivity index (χ0v) is 11.4. The smallest absolute Gasteiger partial charge is 0.260 e. The second-order valence-electron chi connectivity index (χ2n) is 4.83. The molecule has 2 aromatic carbocycles. The minimum Gasteiger partial charge on any atom is -0.398 e. The molecule has 1 aromatic heterocycles. The summed E-state index contributed by atoms with van der Waals surface area (Å²) in [6, 6.07) is 13.7. The number of aromatic nitrogens is 2. The first kappa shape index (κ1) is 12.4. The summed E-state index contributed by atoms with van der Waals surface area (Å²) >= 11 is 0. The molecule has 0 fully saturated rings. The fourth-order valence-electron chi connectivity index (χ4n) is 2.12. The number of benzene rings is 2. The highest BCUT2D eigenvalue weighted by atomic mass is 16.5. The zero-order chi connectivity index (χ0) is 14.1. The topological polar surface area (TPSA) is 64.9 Å². The molecule has 1 heterocycles. The summed E-state index contributed by atoms with van der Waals surface area (Å²) in [5, 5.41) is 4.05. The Kier molecular flexibility index (Phi) is 2.99. The van der Waals surface area contributed by atoms with Gasteiger partial charge in [-0.2, -0.15) is 4.98 Å². The first-order valence-electron chi connectivity index (χ1n) is 6.41. The summed E-state index contributed by atoms with van der Waals surface area (Å²) in [7, 11) is 0. The van der Waals surface area contributed by atoms with E-state index >= 15 is 0 Å². The van der Waals surface area contributed by atoms with Gasteiger partial charge in [-0.1, -0.05) is 41.1 Å². The average molecular weight is 265 g/mol. The van der Waals surface area contributed by atoms with Gasteiger partial charge in [-0.15, -0.1) is 0 Å². The highest BCUT2D eigenvalue weighted by Gasteiger charge is 2.14. The second kappa shape index (κ2) is 4.81. The molecule has 20 heavy (non-hydrogen) atoms. The largest absolute Gasteiger partial charge is 0.398 e. The Morgan fingerprint density at radius 2 is 1.80 bits per heavy atom. The Hall–Kier alpha value is -2.62. The normalized spacial score (nSPS) is 10.7. The second-order valence-corrected chi connectivity index (χ2v) is 4.83. The molecule has 0 atom stereocenters. The molecule has 0 aliphatic carbocycles. The molecule has 0 aliphatic rings. The molecule has 0 spiro atoms. The van der Waals surface area contributed by atoms with Crippen LogP contribution in [0.5, 0.6) is 0 Å². The van der Waals surface area contributed by atoms with Crippen LogP contribution in [-0.2, 0) is 0 Å². The van der Waals surface area contributed by atoms with Gasteiger partial charge in [0.15, 0.2) is 0 Å². The van der Waals surface area contributed by atoms with Crippen LogP contribution < -0.4 is 5.73 Å². The molecule has 4 heteroatoms. The third kappa shape index (κ3) is 2.16. The molecule has 100 valence electrons. The molecular formula is C16H15N3O. The first-order valence-corrected chi connectivity index (χ1v) is 6.41. The van der Waals surface area contributed by atoms with Crippen molar-refractivity contribution in [3.8, 4) is 22.8 Å². The predicted molar refractivity (Wildman–Crippen MR) is 79.1 cm³/mol. The van der Waals surface area contributed by atoms with Crippen molar-refractivity contribution >= 4 is 5.69 Å². The molecule has 3 rings (SSSR count). The molecule has 3 aromatic rings. The molecule has 0 bridgehead atoms. The summed E-state index contributed by atoms with van der Waals surface area (Å²) in [5.41, 5.74) is 10.6. The summed E-state index contributed by atoms with van der Waals surface area (Å²) in [6.45, 7) is 4.02. The molecular weight excluding hydrogens is 250 g/mol. The van der Waals surface area contributed by atoms with Gasteiger partial charge < -0.3 is 10.3 Å². The Bertz CT molecular complexity index is 762. The van der Waals surface area contributed by atoms with Crippen LogP contribution >= 0.6 is 0 Å². The van der Waals surface area contributed by atoms with Crippen molar-refractivity contribution in [3.63, 3.8) is 0 Å². The zero-order valence-electron chi connectivity index (χ0n) is 11.4. The van der Waals surface area contributed by atoms with Crippen molar-refractivity contribution in [2.75, 3.05) is 5.73 Å². The van der Waals surface area contributed by atoms with E-state index < -0.39 is 0 Å². The minimum absolute atomic E-state index is 0.449. The summed E-state index contributed by atoms with van der Waals surface area (Å²) in [6.07, 6.45) is 0. The lowest BCUT2D eigenvalue weighted by atomic mass is 10.1. The van der Waals surface area contributed by atoms with Gasteiger partial charge in [-0.25, -0.2) is 0 Å². The van der Waals surface area contributed by atoms with Crippen LogP contribution in [0.2, 0.25) is 0 Å². The van der Waals surface area contributed by atoms with Crippen molar-refractivity contribution in [3.05, 3.63) is 53.6 Å². The van der Waals surface area contributed by atoms with E-state index in [0.29, 0.717) is 17.4 Å². The van der Waals surface area contributed by atoms with Gasteiger partial charge in [0.2, 0.25) is 5.82 Å². The van der Waals surface area contributed by atoms with Gasteiger partial charge in [0.25, 0.3) is 5.89 Å². The van der Waals surface area contributed by atoms with E-state index in [1.807, 2.05) is 56.3 Å². The quantitative estimate of drug-likeness (QED) is 0.719. The number of aryl methyl sites for hydroxylation is 2. The minimum atomic E-state index is 0.449. The summed E-state index contributed by atoms with van der Waals surface area (Å²) < 4.78 is 5.35. The van der Waals surface area contributed by atoms with Crippen LogP contribution in [0.3, 0.4) is 0 Å². The molecule has 0 aliphatic heterocycles. The Morgan fingerprint density at radius 1 is 1.00 bits per heavy atom.